The van der Waals surface area contributed by atoms with Crippen LogP contribution in [0.4, 0.5) is 4.39 Å². The van der Waals surface area contributed by atoms with Crippen molar-refractivity contribution >= 4 is 17.5 Å². The van der Waals surface area contributed by atoms with Gasteiger partial charge in [-0.3, -0.25) is 4.79 Å². The van der Waals surface area contributed by atoms with E-state index in [-0.39, 0.29) is 17.8 Å². The predicted molar refractivity (Wildman–Crippen MR) is 84.4 cm³/mol. The van der Waals surface area contributed by atoms with Crippen LogP contribution in [0.3, 0.4) is 0 Å². The summed E-state index contributed by atoms with van der Waals surface area (Å²) < 4.78 is 18.7. The maximum absolute atomic E-state index is 13.1. The van der Waals surface area contributed by atoms with Gasteiger partial charge >= 0.3 is 0 Å². The van der Waals surface area contributed by atoms with E-state index in [0.717, 1.165) is 12.0 Å². The summed E-state index contributed by atoms with van der Waals surface area (Å²) in [6.07, 6.45) is 1.02. The Morgan fingerprint density at radius 2 is 2.23 bits per heavy atom. The average molecular weight is 329 g/mol. The first kappa shape index (κ1) is 17.2. The summed E-state index contributed by atoms with van der Waals surface area (Å²) in [5.41, 5.74) is 5.93. The highest BCUT2D eigenvalue weighted by Crippen LogP contribution is 2.30. The second-order valence-corrected chi connectivity index (χ2v) is 6.69. The highest BCUT2D eigenvalue weighted by molar-refractivity contribution is 6.31. The third kappa shape index (κ3) is 3.97. The lowest BCUT2D eigenvalue weighted by molar-refractivity contribution is -0.132. The van der Waals surface area contributed by atoms with Gasteiger partial charge in [-0.15, -0.1) is 0 Å². The van der Waals surface area contributed by atoms with Crippen molar-refractivity contribution in [3.63, 3.8) is 0 Å². The third-order valence-electron chi connectivity index (χ3n) is 4.03. The van der Waals surface area contributed by atoms with E-state index in [2.05, 4.69) is 5.32 Å². The van der Waals surface area contributed by atoms with Gasteiger partial charge in [-0.1, -0.05) is 31.5 Å². The van der Waals surface area contributed by atoms with Gasteiger partial charge in [-0.05, 0) is 30.5 Å². The molecule has 0 unspecified atom stereocenters. The first-order valence-corrected chi connectivity index (χ1v) is 7.80. The van der Waals surface area contributed by atoms with E-state index in [1.54, 1.807) is 6.07 Å². The van der Waals surface area contributed by atoms with Gasteiger partial charge in [0.05, 0.1) is 6.10 Å². The molecular weight excluding hydrogens is 307 g/mol. The molecular formula is C16H22ClFN2O2. The molecule has 1 saturated heterocycles. The highest BCUT2D eigenvalue weighted by atomic mass is 35.5. The number of nitrogens with one attached hydrogen (secondary N) is 1. The van der Waals surface area contributed by atoms with E-state index >= 15 is 0 Å². The number of amides is 1. The van der Waals surface area contributed by atoms with E-state index in [1.807, 2.05) is 13.8 Å². The third-order valence-corrected chi connectivity index (χ3v) is 4.34. The van der Waals surface area contributed by atoms with Gasteiger partial charge in [0.15, 0.2) is 0 Å². The zero-order valence-electron chi connectivity index (χ0n) is 12.9. The van der Waals surface area contributed by atoms with Crippen molar-refractivity contribution in [1.82, 2.24) is 5.32 Å². The Labute approximate surface area is 135 Å². The Morgan fingerprint density at radius 3 is 2.82 bits per heavy atom. The Bertz CT molecular complexity index is 551. The summed E-state index contributed by atoms with van der Waals surface area (Å²) in [4.78, 5) is 12.2. The molecule has 0 aliphatic carbocycles. The van der Waals surface area contributed by atoms with Crippen LogP contribution in [0.1, 0.15) is 32.3 Å². The van der Waals surface area contributed by atoms with Crippen LogP contribution in [0.15, 0.2) is 18.2 Å². The molecule has 22 heavy (non-hydrogen) atoms. The monoisotopic (exact) mass is 328 g/mol. The minimum Gasteiger partial charge on any atom is -0.364 e. The van der Waals surface area contributed by atoms with Crippen molar-refractivity contribution in [3.05, 3.63) is 34.6 Å². The van der Waals surface area contributed by atoms with Gasteiger partial charge in [-0.2, -0.15) is 0 Å². The van der Waals surface area contributed by atoms with Crippen molar-refractivity contribution in [2.45, 2.75) is 44.3 Å². The number of carbonyl (C=O) groups excluding carboxylic acids is 1. The lowest BCUT2D eigenvalue weighted by Gasteiger charge is -2.27. The van der Waals surface area contributed by atoms with Crippen LogP contribution in [-0.4, -0.2) is 31.2 Å². The molecule has 1 fully saturated rings. The van der Waals surface area contributed by atoms with Gasteiger partial charge in [0, 0.05) is 23.5 Å². The maximum Gasteiger partial charge on any atom is 0.249 e. The molecule has 2 atom stereocenters. The van der Waals surface area contributed by atoms with Crippen molar-refractivity contribution in [2.75, 3.05) is 13.1 Å². The molecule has 4 nitrogen and oxygen atoms in total. The van der Waals surface area contributed by atoms with Crippen molar-refractivity contribution in [1.29, 1.82) is 0 Å². The van der Waals surface area contributed by atoms with Crippen LogP contribution in [0.5, 0.6) is 0 Å². The maximum atomic E-state index is 13.1. The van der Waals surface area contributed by atoms with Crippen molar-refractivity contribution in [3.8, 4) is 0 Å². The number of nitrogens with two attached hydrogens (primary N) is 1. The molecule has 0 radical (unpaired) electrons. The fourth-order valence-electron chi connectivity index (χ4n) is 2.63. The average Bonchev–Trinajstić information content (AvgIpc) is 2.93. The number of benzene rings is 1. The topological polar surface area (TPSA) is 64.4 Å². The number of halogens is 2. The Balaban J connectivity index is 1.96. The fraction of sp³-hybridized carbons (Fsp3) is 0.562. The number of hydrogen-bond acceptors (Lipinski definition) is 3. The lowest BCUT2D eigenvalue weighted by atomic mass is 9.84. The summed E-state index contributed by atoms with van der Waals surface area (Å²) in [6, 6.07) is 4.31. The second kappa shape index (κ2) is 6.94. The van der Waals surface area contributed by atoms with Gasteiger partial charge in [0.25, 0.3) is 0 Å². The molecule has 0 spiro atoms. The van der Waals surface area contributed by atoms with E-state index in [9.17, 15) is 9.18 Å². The van der Waals surface area contributed by atoms with E-state index < -0.39 is 11.5 Å². The van der Waals surface area contributed by atoms with E-state index in [1.165, 1.54) is 12.1 Å². The highest BCUT2D eigenvalue weighted by Gasteiger charge is 2.31. The van der Waals surface area contributed by atoms with Crippen LogP contribution in [0.2, 0.25) is 5.02 Å². The summed E-state index contributed by atoms with van der Waals surface area (Å²) in [6.45, 7) is 4.72. The predicted octanol–water partition coefficient (Wildman–Crippen LogP) is 2.38. The zero-order chi connectivity index (χ0) is 16.3. The minimum absolute atomic E-state index is 0.0321. The molecule has 1 amide bonds. The molecule has 0 saturated carbocycles. The first-order valence-electron chi connectivity index (χ1n) is 7.42. The number of carbonyl (C=O) groups is 1. The smallest absolute Gasteiger partial charge is 0.249 e. The molecule has 1 aliphatic heterocycles. The van der Waals surface area contributed by atoms with Crippen LogP contribution in [-0.2, 0) is 14.9 Å². The SMILES string of the molecule is CC(C)(CNC(=O)[C@@H]1CC[C@H](CN)O1)c1ccc(F)cc1Cl. The molecule has 122 valence electrons. The van der Waals surface area contributed by atoms with Gasteiger partial charge < -0.3 is 15.8 Å². The molecule has 2 rings (SSSR count). The minimum atomic E-state index is -0.437. The normalized spacial score (nSPS) is 21.9. The zero-order valence-corrected chi connectivity index (χ0v) is 13.6. The number of rotatable bonds is 5. The summed E-state index contributed by atoms with van der Waals surface area (Å²) in [7, 11) is 0. The molecule has 6 heteroatoms. The van der Waals surface area contributed by atoms with Crippen LogP contribution in [0.25, 0.3) is 0 Å². The number of ether oxygens (including phenoxy) is 1. The van der Waals surface area contributed by atoms with Gasteiger partial charge in [-0.25, -0.2) is 4.39 Å². The Morgan fingerprint density at radius 1 is 1.50 bits per heavy atom. The van der Waals surface area contributed by atoms with Gasteiger partial charge in [0.2, 0.25) is 5.91 Å². The standard InChI is InChI=1S/C16H22ClFN2O2/c1-16(2,12-5-3-10(18)7-13(12)17)9-20-15(21)14-6-4-11(8-19)22-14/h3,5,7,11,14H,4,6,8-9,19H2,1-2H3,(H,20,21)/t11-,14+/m1/s1. The van der Waals surface area contributed by atoms with Crippen LogP contribution >= 0.6 is 11.6 Å². The largest absolute Gasteiger partial charge is 0.364 e. The Kier molecular flexibility index (Phi) is 5.42. The lowest BCUT2D eigenvalue weighted by Crippen LogP contribution is -2.42. The summed E-state index contributed by atoms with van der Waals surface area (Å²) in [5.74, 6) is -0.511. The van der Waals surface area contributed by atoms with E-state index in [0.29, 0.717) is 24.5 Å². The molecule has 0 aromatic heterocycles. The summed E-state index contributed by atoms with van der Waals surface area (Å²) >= 11 is 6.10. The molecule has 1 heterocycles. The van der Waals surface area contributed by atoms with E-state index in [4.69, 9.17) is 22.1 Å². The quantitative estimate of drug-likeness (QED) is 0.872. The van der Waals surface area contributed by atoms with Gasteiger partial charge in [0.1, 0.15) is 11.9 Å². The summed E-state index contributed by atoms with van der Waals surface area (Å²) in [5, 5.41) is 3.25. The molecule has 1 aliphatic rings. The van der Waals surface area contributed by atoms with Crippen LogP contribution in [0, 0.1) is 5.82 Å². The van der Waals surface area contributed by atoms with Crippen molar-refractivity contribution < 1.29 is 13.9 Å². The molecule has 1 aromatic carbocycles. The molecule has 1 aromatic rings. The second-order valence-electron chi connectivity index (χ2n) is 6.29. The first-order chi connectivity index (χ1) is 10.3. The molecule has 3 N–H and O–H groups in total. The van der Waals surface area contributed by atoms with Crippen LogP contribution < -0.4 is 11.1 Å². The van der Waals surface area contributed by atoms with Crippen molar-refractivity contribution in [2.24, 2.45) is 5.73 Å². The fourth-order valence-corrected chi connectivity index (χ4v) is 3.05. The number of hydrogen-bond donors (Lipinski definition) is 2. The Hall–Kier alpha value is -1.17. The molecule has 0 bridgehead atoms.